The first-order valence-corrected chi connectivity index (χ1v) is 6.75. The Morgan fingerprint density at radius 1 is 1.07 bits per heavy atom. The summed E-state index contributed by atoms with van der Waals surface area (Å²) in [6, 6.07) is 0. The van der Waals surface area contributed by atoms with E-state index >= 15 is 0 Å². The van der Waals surface area contributed by atoms with E-state index in [4.69, 9.17) is 29.9 Å². The summed E-state index contributed by atoms with van der Waals surface area (Å²) in [6.45, 7) is 8.71. The first kappa shape index (κ1) is 18.0. The van der Waals surface area contributed by atoms with Crippen molar-refractivity contribution >= 4 is 26.3 Å². The van der Waals surface area contributed by atoms with Crippen LogP contribution in [0.4, 0.5) is 0 Å². The molecule has 0 aliphatic heterocycles. The van der Waals surface area contributed by atoms with Crippen LogP contribution in [0.25, 0.3) is 0 Å². The van der Waals surface area contributed by atoms with Crippen LogP contribution >= 0.6 is 12.2 Å². The van der Waals surface area contributed by atoms with Gasteiger partial charge in [-0.25, -0.2) is 0 Å². The summed E-state index contributed by atoms with van der Waals surface area (Å²) in [7, 11) is -3.00. The van der Waals surface area contributed by atoms with E-state index in [0.29, 0.717) is 24.9 Å². The summed E-state index contributed by atoms with van der Waals surface area (Å²) in [4.78, 5) is 0. The Morgan fingerprint density at radius 3 is 1.60 bits per heavy atom. The minimum absolute atomic E-state index is 0. The fourth-order valence-corrected chi connectivity index (χ4v) is 3.07. The molecule has 0 aliphatic carbocycles. The van der Waals surface area contributed by atoms with Crippen LogP contribution in [0.2, 0.25) is 0 Å². The maximum Gasteiger partial charge on any atom is 1.00 e. The summed E-state index contributed by atoms with van der Waals surface area (Å²) in [6.07, 6.45) is 0. The molecule has 15 heavy (non-hydrogen) atoms. The van der Waals surface area contributed by atoms with Crippen molar-refractivity contribution in [3.05, 3.63) is 0 Å². The van der Waals surface area contributed by atoms with Crippen LogP contribution in [-0.2, 0) is 17.7 Å². The molecule has 0 aliphatic rings. The van der Waals surface area contributed by atoms with Gasteiger partial charge in [-0.05, 0) is 33.0 Å². The van der Waals surface area contributed by atoms with E-state index in [1.165, 1.54) is 0 Å². The van der Waals surface area contributed by atoms with E-state index in [-0.39, 0.29) is 20.3 Å². The molecule has 0 heterocycles. The molecule has 0 spiro atoms. The molecule has 0 saturated carbocycles. The van der Waals surface area contributed by atoms with Gasteiger partial charge >= 0.3 is 27.9 Å². The molecular formula is C8H19LiO4SSi. The second-order valence-corrected chi connectivity index (χ2v) is 5.04. The van der Waals surface area contributed by atoms with E-state index in [1.54, 1.807) is 6.92 Å². The molecule has 0 rings (SSSR count). The smallest absolute Gasteiger partial charge is 1.00 e. The summed E-state index contributed by atoms with van der Waals surface area (Å²) < 4.78 is 21.6. The zero-order valence-electron chi connectivity index (χ0n) is 11.2. The van der Waals surface area contributed by atoms with Crippen LogP contribution in [0.3, 0.4) is 0 Å². The molecule has 0 radical (unpaired) electrons. The third-order valence-corrected chi connectivity index (χ3v) is 3.95. The average Bonchev–Trinajstić information content (AvgIpc) is 2.03. The Kier molecular flexibility index (Phi) is 11.7. The van der Waals surface area contributed by atoms with Gasteiger partial charge in [0.15, 0.2) is 0 Å². The van der Waals surface area contributed by atoms with Gasteiger partial charge in [0.25, 0.3) is 0 Å². The van der Waals surface area contributed by atoms with E-state index in [0.717, 1.165) is 0 Å². The third kappa shape index (κ3) is 7.47. The Hall–Kier alpha value is 0.584. The quantitative estimate of drug-likeness (QED) is 0.426. The normalized spacial score (nSPS) is 10.7. The summed E-state index contributed by atoms with van der Waals surface area (Å²) in [5.74, 6) is 0. The predicted octanol–water partition coefficient (Wildman–Crippen LogP) is -0.988. The van der Waals surface area contributed by atoms with Gasteiger partial charge in [-0.3, -0.25) is 0 Å². The Labute approximate surface area is 112 Å². The fraction of sp³-hybridized carbons (Fsp3) is 0.875. The molecule has 0 aromatic carbocycles. The van der Waals surface area contributed by atoms with Crippen LogP contribution in [-0.4, -0.2) is 33.9 Å². The van der Waals surface area contributed by atoms with E-state index < -0.39 is 9.05 Å². The Balaban J connectivity index is -0.000000845. The second-order valence-electron chi connectivity index (χ2n) is 2.39. The molecule has 0 aromatic heterocycles. The summed E-state index contributed by atoms with van der Waals surface area (Å²) in [5, 5.41) is 0.381. The van der Waals surface area contributed by atoms with Gasteiger partial charge in [-0.15, -0.1) is 0 Å². The first-order chi connectivity index (χ1) is 6.60. The minimum atomic E-state index is -3.00. The molecule has 86 valence electrons. The number of thiocarbonyl (C=S) groups is 1. The fourth-order valence-electron chi connectivity index (χ4n) is 0.920. The largest absolute Gasteiger partial charge is 1.00 e. The zero-order valence-corrected chi connectivity index (χ0v) is 12.0. The molecule has 0 atom stereocenters. The SMILES string of the molecule is CCO[Si](OCC)(OCC)OC(C)=S.[H-].[Li+]. The molecular weight excluding hydrogens is 227 g/mol. The molecule has 0 fully saturated rings. The van der Waals surface area contributed by atoms with Gasteiger partial charge in [-0.2, -0.15) is 0 Å². The summed E-state index contributed by atoms with van der Waals surface area (Å²) in [5.41, 5.74) is 0. The van der Waals surface area contributed by atoms with Gasteiger partial charge < -0.3 is 19.1 Å². The maximum atomic E-state index is 5.41. The molecule has 0 N–H and O–H groups in total. The first-order valence-electron chi connectivity index (χ1n) is 4.71. The van der Waals surface area contributed by atoms with Crippen LogP contribution in [0, 0.1) is 0 Å². The van der Waals surface area contributed by atoms with Gasteiger partial charge in [-0.1, -0.05) is 0 Å². The number of rotatable bonds is 7. The van der Waals surface area contributed by atoms with Crippen molar-refractivity contribution in [2.45, 2.75) is 27.7 Å². The molecule has 4 nitrogen and oxygen atoms in total. The minimum Gasteiger partial charge on any atom is -1.00 e. The second kappa shape index (κ2) is 9.79. The van der Waals surface area contributed by atoms with Crippen molar-refractivity contribution in [2.75, 3.05) is 19.8 Å². The molecule has 0 unspecified atom stereocenters. The third-order valence-electron chi connectivity index (χ3n) is 1.23. The zero-order chi connectivity index (χ0) is 11.0. The van der Waals surface area contributed by atoms with Crippen molar-refractivity contribution in [3.63, 3.8) is 0 Å². The van der Waals surface area contributed by atoms with E-state index in [9.17, 15) is 0 Å². The number of hydrogen-bond donors (Lipinski definition) is 0. The summed E-state index contributed by atoms with van der Waals surface area (Å²) >= 11 is 4.86. The Morgan fingerprint density at radius 2 is 1.40 bits per heavy atom. The topological polar surface area (TPSA) is 36.9 Å². The molecule has 7 heteroatoms. The van der Waals surface area contributed by atoms with Crippen molar-refractivity contribution < 1.29 is 38.0 Å². The standard InChI is InChI=1S/C8H18O4SSi.Li.H/c1-5-9-14(10-6-2,11-7-3)12-8(4)13;;/h5-7H2,1-4H3;;/q;+1;-1. The van der Waals surface area contributed by atoms with E-state index in [1.807, 2.05) is 20.8 Å². The number of hydrogen-bond acceptors (Lipinski definition) is 5. The van der Waals surface area contributed by atoms with E-state index in [2.05, 4.69) is 0 Å². The molecule has 0 bridgehead atoms. The monoisotopic (exact) mass is 246 g/mol. The van der Waals surface area contributed by atoms with Crippen molar-refractivity contribution in [3.8, 4) is 0 Å². The Bertz CT molecular complexity index is 170. The molecule has 0 saturated heterocycles. The van der Waals surface area contributed by atoms with Crippen LogP contribution < -0.4 is 18.9 Å². The van der Waals surface area contributed by atoms with Gasteiger partial charge in [0, 0.05) is 26.7 Å². The van der Waals surface area contributed by atoms with Gasteiger partial charge in [0.2, 0.25) is 0 Å². The van der Waals surface area contributed by atoms with Crippen LogP contribution in [0.5, 0.6) is 0 Å². The van der Waals surface area contributed by atoms with Crippen molar-refractivity contribution in [1.29, 1.82) is 0 Å². The molecule has 0 aromatic rings. The maximum absolute atomic E-state index is 5.41. The van der Waals surface area contributed by atoms with Crippen molar-refractivity contribution in [2.24, 2.45) is 0 Å². The van der Waals surface area contributed by atoms with Crippen molar-refractivity contribution in [1.82, 2.24) is 0 Å². The average molecular weight is 246 g/mol. The van der Waals surface area contributed by atoms with Crippen LogP contribution in [0.1, 0.15) is 29.1 Å². The van der Waals surface area contributed by atoms with Gasteiger partial charge in [0.05, 0.1) is 0 Å². The van der Waals surface area contributed by atoms with Crippen LogP contribution in [0.15, 0.2) is 0 Å². The molecule has 0 amide bonds. The van der Waals surface area contributed by atoms with Gasteiger partial charge in [0.1, 0.15) is 5.05 Å². The predicted molar refractivity (Wildman–Crippen MR) is 61.1 cm³/mol.